The summed E-state index contributed by atoms with van der Waals surface area (Å²) in [5.41, 5.74) is 5.05. The first kappa shape index (κ1) is 15.3. The summed E-state index contributed by atoms with van der Waals surface area (Å²) in [6.45, 7) is 5.40. The summed E-state index contributed by atoms with van der Waals surface area (Å²) in [5.74, 6) is -0.248. The summed E-state index contributed by atoms with van der Waals surface area (Å²) in [7, 11) is 0. The number of nitrogens with one attached hydrogen (secondary N) is 1. The first-order valence-corrected chi connectivity index (χ1v) is 7.41. The van der Waals surface area contributed by atoms with Crippen molar-refractivity contribution in [3.63, 3.8) is 0 Å². The van der Waals surface area contributed by atoms with Gasteiger partial charge in [-0.2, -0.15) is 5.10 Å². The summed E-state index contributed by atoms with van der Waals surface area (Å²) in [5, 5.41) is 7.95. The lowest BCUT2D eigenvalue weighted by Crippen LogP contribution is -2.14. The van der Waals surface area contributed by atoms with E-state index in [9.17, 15) is 4.39 Å². The van der Waals surface area contributed by atoms with Crippen LogP contribution in [0.1, 0.15) is 22.5 Å². The van der Waals surface area contributed by atoms with Gasteiger partial charge in [0.05, 0.1) is 11.4 Å². The Hall–Kier alpha value is -2.60. The van der Waals surface area contributed by atoms with E-state index < -0.39 is 0 Å². The second-order valence-electron chi connectivity index (χ2n) is 5.39. The second kappa shape index (κ2) is 6.66. The van der Waals surface area contributed by atoms with Crippen molar-refractivity contribution in [3.8, 4) is 5.69 Å². The van der Waals surface area contributed by atoms with Gasteiger partial charge in [0, 0.05) is 42.3 Å². The van der Waals surface area contributed by atoms with Gasteiger partial charge in [-0.15, -0.1) is 0 Å². The Kier molecular flexibility index (Phi) is 4.43. The van der Waals surface area contributed by atoms with Crippen molar-refractivity contribution >= 4 is 0 Å². The van der Waals surface area contributed by atoms with Crippen LogP contribution in [0.4, 0.5) is 4.39 Å². The molecule has 0 amide bonds. The summed E-state index contributed by atoms with van der Waals surface area (Å²) < 4.78 is 14.9. The molecule has 0 fully saturated rings. The maximum Gasteiger partial charge on any atom is 0.123 e. The fourth-order valence-electron chi connectivity index (χ4n) is 2.52. The van der Waals surface area contributed by atoms with Crippen LogP contribution in [0.3, 0.4) is 0 Å². The molecule has 118 valence electrons. The first-order chi connectivity index (χ1) is 11.1. The SMILES string of the molecule is Cc1nn(-c2ccc(F)cc2)c(C)c1CNCc1cncnc1. The normalized spacial score (nSPS) is 10.9. The van der Waals surface area contributed by atoms with Gasteiger partial charge in [0.2, 0.25) is 0 Å². The Balaban J connectivity index is 1.74. The highest BCUT2D eigenvalue weighted by Gasteiger charge is 2.12. The third kappa shape index (κ3) is 3.43. The molecular formula is C17H18FN5. The van der Waals surface area contributed by atoms with Gasteiger partial charge >= 0.3 is 0 Å². The lowest BCUT2D eigenvalue weighted by atomic mass is 10.2. The molecule has 0 saturated heterocycles. The van der Waals surface area contributed by atoms with Crippen molar-refractivity contribution in [1.82, 2.24) is 25.1 Å². The topological polar surface area (TPSA) is 55.6 Å². The summed E-state index contributed by atoms with van der Waals surface area (Å²) in [6.07, 6.45) is 5.10. The second-order valence-corrected chi connectivity index (χ2v) is 5.39. The van der Waals surface area contributed by atoms with E-state index in [0.29, 0.717) is 13.1 Å². The molecule has 1 N–H and O–H groups in total. The van der Waals surface area contributed by atoms with Crippen LogP contribution in [-0.4, -0.2) is 19.7 Å². The van der Waals surface area contributed by atoms with Gasteiger partial charge in [-0.1, -0.05) is 0 Å². The minimum absolute atomic E-state index is 0.248. The number of benzene rings is 1. The van der Waals surface area contributed by atoms with E-state index in [1.807, 2.05) is 18.5 Å². The van der Waals surface area contributed by atoms with Crippen LogP contribution in [-0.2, 0) is 13.1 Å². The van der Waals surface area contributed by atoms with Crippen molar-refractivity contribution in [2.75, 3.05) is 0 Å². The molecule has 0 atom stereocenters. The molecule has 1 aromatic carbocycles. The van der Waals surface area contributed by atoms with E-state index in [2.05, 4.69) is 20.4 Å². The molecule has 6 heteroatoms. The third-order valence-corrected chi connectivity index (χ3v) is 3.76. The molecule has 0 saturated carbocycles. The predicted molar refractivity (Wildman–Crippen MR) is 85.6 cm³/mol. The van der Waals surface area contributed by atoms with Crippen molar-refractivity contribution in [2.24, 2.45) is 0 Å². The van der Waals surface area contributed by atoms with Gasteiger partial charge < -0.3 is 5.32 Å². The van der Waals surface area contributed by atoms with E-state index in [-0.39, 0.29) is 5.82 Å². The van der Waals surface area contributed by atoms with Crippen LogP contribution in [0.2, 0.25) is 0 Å². The van der Waals surface area contributed by atoms with Crippen LogP contribution in [0.5, 0.6) is 0 Å². The average Bonchev–Trinajstić information content (AvgIpc) is 2.85. The van der Waals surface area contributed by atoms with Gasteiger partial charge in [-0.3, -0.25) is 0 Å². The van der Waals surface area contributed by atoms with Crippen molar-refractivity contribution in [2.45, 2.75) is 26.9 Å². The largest absolute Gasteiger partial charge is 0.308 e. The number of rotatable bonds is 5. The highest BCUT2D eigenvalue weighted by molar-refractivity contribution is 5.37. The van der Waals surface area contributed by atoms with Crippen molar-refractivity contribution in [1.29, 1.82) is 0 Å². The molecule has 23 heavy (non-hydrogen) atoms. The maximum absolute atomic E-state index is 13.1. The summed E-state index contributed by atoms with van der Waals surface area (Å²) in [6, 6.07) is 6.35. The fourth-order valence-corrected chi connectivity index (χ4v) is 2.52. The van der Waals surface area contributed by atoms with Gasteiger partial charge in [0.25, 0.3) is 0 Å². The Morgan fingerprint density at radius 3 is 2.43 bits per heavy atom. The molecular weight excluding hydrogens is 293 g/mol. The lowest BCUT2D eigenvalue weighted by molar-refractivity contribution is 0.627. The highest BCUT2D eigenvalue weighted by atomic mass is 19.1. The Morgan fingerprint density at radius 2 is 1.74 bits per heavy atom. The van der Waals surface area contributed by atoms with E-state index in [4.69, 9.17) is 0 Å². The Bertz CT molecular complexity index is 781. The zero-order valence-corrected chi connectivity index (χ0v) is 13.1. The fraction of sp³-hybridized carbons (Fsp3) is 0.235. The van der Waals surface area contributed by atoms with Crippen molar-refractivity contribution < 1.29 is 4.39 Å². The smallest absolute Gasteiger partial charge is 0.123 e. The molecule has 0 aliphatic carbocycles. The Morgan fingerprint density at radius 1 is 1.04 bits per heavy atom. The van der Waals surface area contributed by atoms with E-state index in [0.717, 1.165) is 28.2 Å². The summed E-state index contributed by atoms with van der Waals surface area (Å²) >= 11 is 0. The molecule has 0 aliphatic rings. The van der Waals surface area contributed by atoms with E-state index >= 15 is 0 Å². The lowest BCUT2D eigenvalue weighted by Gasteiger charge is -2.07. The van der Waals surface area contributed by atoms with Gasteiger partial charge in [-0.25, -0.2) is 19.0 Å². The number of hydrogen-bond donors (Lipinski definition) is 1. The van der Waals surface area contributed by atoms with E-state index in [1.54, 1.807) is 24.5 Å². The van der Waals surface area contributed by atoms with Crippen LogP contribution in [0, 0.1) is 19.7 Å². The molecule has 2 aromatic heterocycles. The molecule has 0 aliphatic heterocycles. The van der Waals surface area contributed by atoms with Crippen molar-refractivity contribution in [3.05, 3.63) is 71.3 Å². The monoisotopic (exact) mass is 311 g/mol. The zero-order chi connectivity index (χ0) is 16.2. The third-order valence-electron chi connectivity index (χ3n) is 3.76. The van der Waals surface area contributed by atoms with Crippen LogP contribution in [0.25, 0.3) is 5.69 Å². The number of halogens is 1. The molecule has 3 rings (SSSR count). The van der Waals surface area contributed by atoms with Crippen LogP contribution in [0.15, 0.2) is 43.0 Å². The molecule has 0 unspecified atom stereocenters. The maximum atomic E-state index is 13.1. The van der Waals surface area contributed by atoms with Gasteiger partial charge in [0.1, 0.15) is 12.1 Å². The minimum atomic E-state index is -0.248. The molecule has 0 bridgehead atoms. The standard InChI is InChI=1S/C17H18FN5/c1-12-17(10-19-7-14-8-20-11-21-9-14)13(2)23(22-12)16-5-3-15(18)4-6-16/h3-6,8-9,11,19H,7,10H2,1-2H3. The molecule has 0 radical (unpaired) electrons. The van der Waals surface area contributed by atoms with Crippen LogP contribution < -0.4 is 5.32 Å². The first-order valence-electron chi connectivity index (χ1n) is 7.41. The minimum Gasteiger partial charge on any atom is -0.308 e. The molecule has 2 heterocycles. The summed E-state index contributed by atoms with van der Waals surface area (Å²) in [4.78, 5) is 8.00. The Labute approximate surface area is 134 Å². The number of nitrogens with zero attached hydrogens (tertiary/aromatic N) is 4. The number of aryl methyl sites for hydroxylation is 1. The average molecular weight is 311 g/mol. The quantitative estimate of drug-likeness (QED) is 0.787. The highest BCUT2D eigenvalue weighted by Crippen LogP contribution is 2.18. The number of aromatic nitrogens is 4. The van der Waals surface area contributed by atoms with Gasteiger partial charge in [-0.05, 0) is 38.1 Å². The molecule has 3 aromatic rings. The predicted octanol–water partition coefficient (Wildman–Crippen LogP) is 2.71. The molecule has 5 nitrogen and oxygen atoms in total. The van der Waals surface area contributed by atoms with Gasteiger partial charge in [0.15, 0.2) is 0 Å². The molecule has 0 spiro atoms. The van der Waals surface area contributed by atoms with Crippen LogP contribution >= 0.6 is 0 Å². The zero-order valence-electron chi connectivity index (χ0n) is 13.1. The van der Waals surface area contributed by atoms with E-state index in [1.165, 1.54) is 18.5 Å². The number of hydrogen-bond acceptors (Lipinski definition) is 4.